The molecule has 0 saturated carbocycles. The van der Waals surface area contributed by atoms with Crippen molar-refractivity contribution in [1.29, 1.82) is 0 Å². The second-order valence-electron chi connectivity index (χ2n) is 9.11. The third kappa shape index (κ3) is 13.4. The zero-order valence-electron chi connectivity index (χ0n) is 24.7. The van der Waals surface area contributed by atoms with Gasteiger partial charge in [0.15, 0.2) is 11.0 Å². The van der Waals surface area contributed by atoms with Crippen LogP contribution in [0.15, 0.2) is 116 Å². The van der Waals surface area contributed by atoms with Crippen LogP contribution in [0.2, 0.25) is 0 Å². The van der Waals surface area contributed by atoms with Gasteiger partial charge in [0.1, 0.15) is 5.69 Å². The number of imidazole rings is 1. The van der Waals surface area contributed by atoms with Crippen molar-refractivity contribution >= 4 is 70.3 Å². The SMILES string of the molecule is CCCN1[CH-]N(c2ccccc2)c2ccccc21.CCC[n+]1cn(-c2ccccc2)c2ccccc21.ClCCl.[Ag].[Ag][I].[I-].[O]=[Ag]. The second-order valence-corrected chi connectivity index (χ2v) is 9.92. The van der Waals surface area contributed by atoms with Crippen LogP contribution in [-0.2, 0) is 70.5 Å². The van der Waals surface area contributed by atoms with Crippen LogP contribution in [0.25, 0.3) is 16.7 Å². The number of halogens is 4. The Kier molecular flexibility index (Phi) is 26.9. The fourth-order valence-corrected chi connectivity index (χ4v) is 4.78. The maximum absolute atomic E-state index is 8.06. The first-order valence-electron chi connectivity index (χ1n) is 13.7. The van der Waals surface area contributed by atoms with Gasteiger partial charge in [-0.25, -0.2) is 4.57 Å². The molecular weight excluding hydrogens is 1120 g/mol. The summed E-state index contributed by atoms with van der Waals surface area (Å²) in [4.78, 5) is 4.58. The molecule has 4 aromatic carbocycles. The number of rotatable bonds is 6. The molecule has 256 valence electrons. The number of hydrogen-bond acceptors (Lipinski definition) is 3. The molecule has 1 aliphatic rings. The average Bonchev–Trinajstić information content (AvgIpc) is 3.64. The minimum absolute atomic E-state index is 0. The van der Waals surface area contributed by atoms with Gasteiger partial charge in [0.2, 0.25) is 6.33 Å². The topological polar surface area (TPSA) is 32.4 Å². The number of aromatic nitrogens is 2. The van der Waals surface area contributed by atoms with E-state index >= 15 is 0 Å². The summed E-state index contributed by atoms with van der Waals surface area (Å²) in [5.74, 6) is 0. The Morgan fingerprint density at radius 3 is 1.78 bits per heavy atom. The number of hydrogen-bond donors (Lipinski definition) is 0. The first kappa shape index (κ1) is 45.0. The molecule has 0 amide bonds. The Morgan fingerprint density at radius 2 is 1.22 bits per heavy atom. The molecule has 1 aromatic heterocycles. The van der Waals surface area contributed by atoms with Crippen LogP contribution in [-0.4, -0.2) is 16.5 Å². The molecule has 0 fully saturated rings. The van der Waals surface area contributed by atoms with Crippen LogP contribution in [0.1, 0.15) is 26.7 Å². The van der Waals surface area contributed by atoms with Gasteiger partial charge in [-0.05, 0) is 67.9 Å². The van der Waals surface area contributed by atoms with Crippen molar-refractivity contribution in [2.75, 3.05) is 21.7 Å². The Hall–Kier alpha value is 0.0108. The molecule has 2 heterocycles. The van der Waals surface area contributed by atoms with E-state index in [-0.39, 0.29) is 51.7 Å². The number of aryl methyl sites for hydroxylation is 1. The summed E-state index contributed by atoms with van der Waals surface area (Å²) in [5, 5.41) is 0.194. The van der Waals surface area contributed by atoms with E-state index in [0.29, 0.717) is 0 Å². The van der Waals surface area contributed by atoms with Gasteiger partial charge in [-0.15, -0.1) is 29.9 Å². The van der Waals surface area contributed by atoms with Crippen LogP contribution >= 0.6 is 42.2 Å². The fourth-order valence-electron chi connectivity index (χ4n) is 4.78. The van der Waals surface area contributed by atoms with Gasteiger partial charge in [0, 0.05) is 39.4 Å². The van der Waals surface area contributed by atoms with Crippen LogP contribution < -0.4 is 38.3 Å². The molecule has 0 bridgehead atoms. The number of benzene rings is 4. The summed E-state index contributed by atoms with van der Waals surface area (Å²) in [6.07, 6.45) is 4.49. The molecule has 5 nitrogen and oxygen atoms in total. The molecule has 0 spiro atoms. The van der Waals surface area contributed by atoms with Crippen LogP contribution in [0.5, 0.6) is 0 Å². The van der Waals surface area contributed by atoms with E-state index in [1.54, 1.807) is 21.0 Å². The predicted molar refractivity (Wildman–Crippen MR) is 182 cm³/mol. The van der Waals surface area contributed by atoms with E-state index in [2.05, 4.69) is 172 Å². The third-order valence-corrected chi connectivity index (χ3v) is 6.41. The number of fused-ring (bicyclic) bond motifs is 2. The normalized spacial score (nSPS) is 10.6. The molecule has 6 rings (SSSR count). The molecule has 5 aromatic rings. The summed E-state index contributed by atoms with van der Waals surface area (Å²) in [7, 11) is 0. The molecule has 0 aliphatic carbocycles. The van der Waals surface area contributed by atoms with E-state index in [9.17, 15) is 0 Å². The summed E-state index contributed by atoms with van der Waals surface area (Å²) in [6, 6.07) is 38.1. The Labute approximate surface area is 345 Å². The standard InChI is InChI=1S/2C16H17N2.CH2Cl2.3Ag.2HI.O/c2*1-2-12-17-13-18(14-8-4-3-5-9-14)16-11-7-6-10-15(16)17;2-1-3;;;;;;/h2*3-11,13H,2,12H2,1H3;1H2;;;;2*1H;/q-1;+1;;;;+1;;;/p-2. The number of alkyl halides is 2. The summed E-state index contributed by atoms with van der Waals surface area (Å²) < 4.78 is 12.6. The minimum atomic E-state index is 0. The van der Waals surface area contributed by atoms with Crippen molar-refractivity contribution in [3.05, 3.63) is 122 Å². The van der Waals surface area contributed by atoms with Gasteiger partial charge in [0.05, 0.1) is 11.9 Å². The number of nitrogens with zero attached hydrogens (tertiary/aromatic N) is 4. The first-order valence-corrected chi connectivity index (χ1v) is 19.8. The molecule has 1 aliphatic heterocycles. The zero-order valence-corrected chi connectivity index (χ0v) is 35.0. The van der Waals surface area contributed by atoms with E-state index in [4.69, 9.17) is 26.5 Å². The van der Waals surface area contributed by atoms with Crippen molar-refractivity contribution < 1.29 is 92.5 Å². The zero-order chi connectivity index (χ0) is 31.5. The molecule has 0 atom stereocenters. The van der Waals surface area contributed by atoms with E-state index < -0.39 is 0 Å². The van der Waals surface area contributed by atoms with Crippen LogP contribution in [0.3, 0.4) is 0 Å². The van der Waals surface area contributed by atoms with Gasteiger partial charge in [-0.1, -0.05) is 74.5 Å². The van der Waals surface area contributed by atoms with E-state index in [0.717, 1.165) is 25.9 Å². The quantitative estimate of drug-likeness (QED) is 0.0626. The predicted octanol–water partition coefficient (Wildman–Crippen LogP) is 6.69. The third-order valence-electron chi connectivity index (χ3n) is 6.41. The summed E-state index contributed by atoms with van der Waals surface area (Å²) in [5.41, 5.74) is 7.54. The van der Waals surface area contributed by atoms with Gasteiger partial charge in [-0.2, -0.15) is 4.57 Å². The van der Waals surface area contributed by atoms with Gasteiger partial charge in [-0.3, -0.25) is 0 Å². The van der Waals surface area contributed by atoms with Crippen molar-refractivity contribution in [2.45, 2.75) is 33.2 Å². The number of anilines is 3. The fraction of sp³-hybridized carbons (Fsp3) is 0.212. The Balaban J connectivity index is 0.000000693. The molecule has 0 saturated heterocycles. The van der Waals surface area contributed by atoms with Crippen molar-refractivity contribution in [2.24, 2.45) is 0 Å². The van der Waals surface area contributed by atoms with Crippen LogP contribution in [0.4, 0.5) is 17.1 Å². The molecule has 1 radical (unpaired) electrons. The van der Waals surface area contributed by atoms with Crippen LogP contribution in [0, 0.1) is 6.67 Å². The van der Waals surface area contributed by atoms with Crippen molar-refractivity contribution in [3.8, 4) is 5.69 Å². The monoisotopic (exact) mass is 1150 g/mol. The molecule has 0 N–H and O–H groups in total. The molecular formula is C33H36Ag3Cl2I2N4O-. The molecule has 45 heavy (non-hydrogen) atoms. The summed E-state index contributed by atoms with van der Waals surface area (Å²) in [6.45, 7) is 8.73. The Morgan fingerprint density at radius 1 is 0.733 bits per heavy atom. The molecule has 12 heteroatoms. The maximum atomic E-state index is 8.06. The second kappa shape index (κ2) is 26.9. The average molecular weight is 1150 g/mol. The first-order chi connectivity index (χ1) is 21.2. The molecule has 0 unspecified atom stereocenters. The van der Waals surface area contributed by atoms with E-state index in [1.807, 2.05) is 19.0 Å². The van der Waals surface area contributed by atoms with Crippen molar-refractivity contribution in [1.82, 2.24) is 4.57 Å². The van der Waals surface area contributed by atoms with Gasteiger partial charge >= 0.3 is 60.6 Å². The van der Waals surface area contributed by atoms with E-state index in [1.165, 1.54) is 33.8 Å². The van der Waals surface area contributed by atoms with Gasteiger partial charge in [0.25, 0.3) is 0 Å². The van der Waals surface area contributed by atoms with Gasteiger partial charge < -0.3 is 33.8 Å². The van der Waals surface area contributed by atoms with Crippen molar-refractivity contribution in [3.63, 3.8) is 0 Å². The Bertz CT molecular complexity index is 1470. The number of para-hydroxylation sites is 6. The summed E-state index contributed by atoms with van der Waals surface area (Å²) >= 11 is 16.1.